The minimum Gasteiger partial charge on any atom is -0.393 e. The Kier molecular flexibility index (Phi) is 6.35. The molecule has 1 aromatic carbocycles. The van der Waals surface area contributed by atoms with E-state index in [0.717, 1.165) is 0 Å². The van der Waals surface area contributed by atoms with Crippen molar-refractivity contribution < 1.29 is 23.1 Å². The van der Waals surface area contributed by atoms with Crippen LogP contribution in [0.3, 0.4) is 0 Å². The number of benzene rings is 1. The monoisotopic (exact) mass is 307 g/mol. The number of carbonyl (C=O) groups is 1. The Balaban J connectivity index is 2.45. The van der Waals surface area contributed by atoms with Crippen LogP contribution in [0.1, 0.15) is 30.1 Å². The molecular formula is C13H16F3NO2S. The lowest BCUT2D eigenvalue weighted by molar-refractivity contribution is -0.0328. The summed E-state index contributed by atoms with van der Waals surface area (Å²) in [6.45, 7) is 2.08. The van der Waals surface area contributed by atoms with Crippen LogP contribution in [-0.4, -0.2) is 29.2 Å². The Labute approximate surface area is 119 Å². The summed E-state index contributed by atoms with van der Waals surface area (Å²) in [7, 11) is 0. The Bertz CT molecular complexity index is 432. The molecule has 0 spiro atoms. The van der Waals surface area contributed by atoms with E-state index in [4.69, 9.17) is 5.11 Å². The molecular weight excluding hydrogens is 291 g/mol. The molecule has 0 radical (unpaired) electrons. The van der Waals surface area contributed by atoms with Crippen molar-refractivity contribution in [3.05, 3.63) is 29.8 Å². The van der Waals surface area contributed by atoms with Crippen LogP contribution in [0.25, 0.3) is 0 Å². The molecule has 7 heteroatoms. The normalized spacial score (nSPS) is 13.1. The van der Waals surface area contributed by atoms with Gasteiger partial charge in [-0.1, -0.05) is 0 Å². The second kappa shape index (κ2) is 7.54. The highest BCUT2D eigenvalue weighted by Crippen LogP contribution is 2.36. The molecule has 0 saturated heterocycles. The summed E-state index contributed by atoms with van der Waals surface area (Å²) >= 11 is -0.214. The molecule has 1 amide bonds. The molecule has 0 heterocycles. The minimum atomic E-state index is -4.33. The van der Waals surface area contributed by atoms with Gasteiger partial charge in [0.15, 0.2) is 0 Å². The SMILES string of the molecule is CC(O)CCCNC(=O)c1ccc(SC(F)(F)F)cc1. The number of halogens is 3. The van der Waals surface area contributed by atoms with E-state index in [1.165, 1.54) is 24.3 Å². The van der Waals surface area contributed by atoms with Gasteiger partial charge in [-0.25, -0.2) is 0 Å². The van der Waals surface area contributed by atoms with Crippen molar-refractivity contribution in [3.63, 3.8) is 0 Å². The van der Waals surface area contributed by atoms with Crippen LogP contribution >= 0.6 is 11.8 Å². The van der Waals surface area contributed by atoms with Crippen LogP contribution in [0, 0.1) is 0 Å². The van der Waals surface area contributed by atoms with Crippen molar-refractivity contribution in [2.24, 2.45) is 0 Å². The number of hydrogen-bond acceptors (Lipinski definition) is 3. The molecule has 0 saturated carbocycles. The molecule has 0 bridgehead atoms. The fourth-order valence-corrected chi connectivity index (χ4v) is 2.05. The maximum Gasteiger partial charge on any atom is 0.446 e. The molecule has 0 aliphatic rings. The minimum absolute atomic E-state index is 0.0446. The van der Waals surface area contributed by atoms with E-state index in [0.29, 0.717) is 24.9 Å². The van der Waals surface area contributed by atoms with Crippen LogP contribution < -0.4 is 5.32 Å². The summed E-state index contributed by atoms with van der Waals surface area (Å²) in [6.07, 6.45) is 0.818. The predicted octanol–water partition coefficient (Wildman–Crippen LogP) is 3.19. The molecule has 112 valence electrons. The quantitative estimate of drug-likeness (QED) is 0.627. The number of aliphatic hydroxyl groups excluding tert-OH is 1. The van der Waals surface area contributed by atoms with Crippen LogP contribution in [0.5, 0.6) is 0 Å². The van der Waals surface area contributed by atoms with Crippen molar-refractivity contribution in [2.45, 2.75) is 36.3 Å². The van der Waals surface area contributed by atoms with Crippen molar-refractivity contribution in [1.29, 1.82) is 0 Å². The van der Waals surface area contributed by atoms with E-state index in [1.54, 1.807) is 6.92 Å². The van der Waals surface area contributed by atoms with Crippen LogP contribution in [0.2, 0.25) is 0 Å². The standard InChI is InChI=1S/C13H16F3NO2S/c1-9(18)3-2-8-17-12(19)10-4-6-11(7-5-10)20-13(14,15)16/h4-7,9,18H,2-3,8H2,1H3,(H,17,19). The maximum atomic E-state index is 12.1. The lowest BCUT2D eigenvalue weighted by atomic mass is 10.2. The van der Waals surface area contributed by atoms with E-state index in [-0.39, 0.29) is 22.6 Å². The Morgan fingerprint density at radius 2 is 1.95 bits per heavy atom. The molecule has 0 aliphatic heterocycles. The van der Waals surface area contributed by atoms with Gasteiger partial charge in [0.05, 0.1) is 6.10 Å². The summed E-state index contributed by atoms with van der Waals surface area (Å²) in [5.41, 5.74) is -4.02. The van der Waals surface area contributed by atoms with E-state index in [2.05, 4.69) is 5.32 Å². The van der Waals surface area contributed by atoms with E-state index < -0.39 is 11.6 Å². The highest BCUT2D eigenvalue weighted by Gasteiger charge is 2.29. The highest BCUT2D eigenvalue weighted by molar-refractivity contribution is 8.00. The van der Waals surface area contributed by atoms with E-state index >= 15 is 0 Å². The lowest BCUT2D eigenvalue weighted by Crippen LogP contribution is -2.24. The van der Waals surface area contributed by atoms with Gasteiger partial charge in [0.25, 0.3) is 5.91 Å². The molecule has 20 heavy (non-hydrogen) atoms. The van der Waals surface area contributed by atoms with E-state index in [1.807, 2.05) is 0 Å². The molecule has 3 nitrogen and oxygen atoms in total. The predicted molar refractivity (Wildman–Crippen MR) is 71.6 cm³/mol. The summed E-state index contributed by atoms with van der Waals surface area (Å²) in [6, 6.07) is 5.25. The number of thioether (sulfide) groups is 1. The first kappa shape index (κ1) is 16.8. The van der Waals surface area contributed by atoms with Gasteiger partial charge in [-0.3, -0.25) is 4.79 Å². The number of aliphatic hydroxyl groups is 1. The molecule has 1 aromatic rings. The third-order valence-corrected chi connectivity index (χ3v) is 3.17. The van der Waals surface area contributed by atoms with Gasteiger partial charge in [0.2, 0.25) is 0 Å². The van der Waals surface area contributed by atoms with Crippen molar-refractivity contribution >= 4 is 17.7 Å². The number of alkyl halides is 3. The smallest absolute Gasteiger partial charge is 0.393 e. The van der Waals surface area contributed by atoms with Gasteiger partial charge >= 0.3 is 5.51 Å². The average Bonchev–Trinajstić information content (AvgIpc) is 2.33. The summed E-state index contributed by atoms with van der Waals surface area (Å²) in [5, 5.41) is 11.7. The van der Waals surface area contributed by atoms with E-state index in [9.17, 15) is 18.0 Å². The number of carbonyl (C=O) groups excluding carboxylic acids is 1. The Hall–Kier alpha value is -1.21. The zero-order valence-electron chi connectivity index (χ0n) is 10.9. The Morgan fingerprint density at radius 3 is 2.45 bits per heavy atom. The molecule has 0 fully saturated rings. The van der Waals surface area contributed by atoms with Crippen LogP contribution in [-0.2, 0) is 0 Å². The molecule has 0 aromatic heterocycles. The maximum absolute atomic E-state index is 12.1. The molecule has 1 unspecified atom stereocenters. The number of amides is 1. The molecule has 1 atom stereocenters. The first-order valence-corrected chi connectivity index (χ1v) is 6.91. The third kappa shape index (κ3) is 6.81. The van der Waals surface area contributed by atoms with Crippen molar-refractivity contribution in [3.8, 4) is 0 Å². The summed E-state index contributed by atoms with van der Waals surface area (Å²) < 4.78 is 36.4. The summed E-state index contributed by atoms with van der Waals surface area (Å²) in [4.78, 5) is 11.7. The molecule has 2 N–H and O–H groups in total. The zero-order valence-corrected chi connectivity index (χ0v) is 11.7. The average molecular weight is 307 g/mol. The lowest BCUT2D eigenvalue weighted by Gasteiger charge is -2.08. The van der Waals surface area contributed by atoms with Crippen LogP contribution in [0.15, 0.2) is 29.2 Å². The largest absolute Gasteiger partial charge is 0.446 e. The number of nitrogens with one attached hydrogen (secondary N) is 1. The Morgan fingerprint density at radius 1 is 1.35 bits per heavy atom. The van der Waals surface area contributed by atoms with Gasteiger partial charge < -0.3 is 10.4 Å². The number of rotatable bonds is 6. The fourth-order valence-electron chi connectivity index (χ4n) is 1.51. The first-order valence-electron chi connectivity index (χ1n) is 6.10. The van der Waals surface area contributed by atoms with Gasteiger partial charge in [0.1, 0.15) is 0 Å². The third-order valence-electron chi connectivity index (χ3n) is 2.43. The van der Waals surface area contributed by atoms with Crippen molar-refractivity contribution in [2.75, 3.05) is 6.54 Å². The van der Waals surface area contributed by atoms with Gasteiger partial charge in [-0.15, -0.1) is 0 Å². The second-order valence-electron chi connectivity index (χ2n) is 4.32. The van der Waals surface area contributed by atoms with Gasteiger partial charge in [-0.05, 0) is 55.8 Å². The number of hydrogen-bond donors (Lipinski definition) is 2. The molecule has 1 rings (SSSR count). The zero-order chi connectivity index (χ0) is 15.2. The van der Waals surface area contributed by atoms with Gasteiger partial charge in [0, 0.05) is 17.0 Å². The van der Waals surface area contributed by atoms with Crippen molar-refractivity contribution in [1.82, 2.24) is 5.32 Å². The fraction of sp³-hybridized carbons (Fsp3) is 0.462. The molecule has 0 aliphatic carbocycles. The summed E-state index contributed by atoms with van der Waals surface area (Å²) in [5.74, 6) is -0.334. The van der Waals surface area contributed by atoms with Gasteiger partial charge in [-0.2, -0.15) is 13.2 Å². The topological polar surface area (TPSA) is 49.3 Å². The first-order chi connectivity index (χ1) is 9.28. The highest BCUT2D eigenvalue weighted by atomic mass is 32.2. The van der Waals surface area contributed by atoms with Crippen LogP contribution in [0.4, 0.5) is 13.2 Å². The second-order valence-corrected chi connectivity index (χ2v) is 5.46.